The molecule has 2 aromatic rings. The largest absolute Gasteiger partial charge is 0.308 e. The van der Waals surface area contributed by atoms with Gasteiger partial charge in [0.05, 0.1) is 4.90 Å². The van der Waals surface area contributed by atoms with Crippen LogP contribution in [0.25, 0.3) is 0 Å². The average Bonchev–Trinajstić information content (AvgIpc) is 3.24. The molecule has 29 heavy (non-hydrogen) atoms. The SMILES string of the molecule is CN(C1CCCC1)S(=O)(=O)c1ccc2c(c1)C(=O)N(c1ccc(F)c(F)c1)CC2. The summed E-state index contributed by atoms with van der Waals surface area (Å²) in [6.45, 7) is 0.310. The molecule has 0 unspecified atom stereocenters. The van der Waals surface area contributed by atoms with Crippen molar-refractivity contribution < 1.29 is 22.0 Å². The molecule has 0 aromatic heterocycles. The lowest BCUT2D eigenvalue weighted by atomic mass is 9.98. The summed E-state index contributed by atoms with van der Waals surface area (Å²) in [6, 6.07) is 7.90. The topological polar surface area (TPSA) is 57.7 Å². The third-order valence-corrected chi connectivity index (χ3v) is 7.80. The Kier molecular flexibility index (Phi) is 5.16. The van der Waals surface area contributed by atoms with E-state index in [4.69, 9.17) is 0 Å². The Labute approximate surface area is 169 Å². The lowest BCUT2D eigenvalue weighted by Gasteiger charge is -2.29. The summed E-state index contributed by atoms with van der Waals surface area (Å²) in [6.07, 6.45) is 4.19. The van der Waals surface area contributed by atoms with Crippen molar-refractivity contribution >= 4 is 21.6 Å². The highest BCUT2D eigenvalue weighted by molar-refractivity contribution is 7.89. The number of benzene rings is 2. The Balaban J connectivity index is 1.67. The molecular formula is C21H22F2N2O3S. The smallest absolute Gasteiger partial charge is 0.258 e. The summed E-state index contributed by atoms with van der Waals surface area (Å²) in [5, 5.41) is 0. The van der Waals surface area contributed by atoms with Gasteiger partial charge in [0.15, 0.2) is 11.6 Å². The Hall–Kier alpha value is -2.32. The van der Waals surface area contributed by atoms with E-state index >= 15 is 0 Å². The second kappa shape index (κ2) is 7.50. The number of rotatable bonds is 4. The van der Waals surface area contributed by atoms with Crippen molar-refractivity contribution in [3.63, 3.8) is 0 Å². The second-order valence-electron chi connectivity index (χ2n) is 7.58. The van der Waals surface area contributed by atoms with Gasteiger partial charge in [0.1, 0.15) is 0 Å². The van der Waals surface area contributed by atoms with Crippen LogP contribution in [0.1, 0.15) is 41.6 Å². The maximum absolute atomic E-state index is 13.6. The van der Waals surface area contributed by atoms with Crippen LogP contribution in [0.4, 0.5) is 14.5 Å². The van der Waals surface area contributed by atoms with Gasteiger partial charge in [0.2, 0.25) is 10.0 Å². The molecule has 1 heterocycles. The predicted octanol–water partition coefficient (Wildman–Crippen LogP) is 3.73. The van der Waals surface area contributed by atoms with E-state index in [1.54, 1.807) is 19.2 Å². The first-order valence-corrected chi connectivity index (χ1v) is 11.1. The molecule has 8 heteroatoms. The van der Waals surface area contributed by atoms with E-state index in [9.17, 15) is 22.0 Å². The summed E-state index contributed by atoms with van der Waals surface area (Å²) in [7, 11) is -2.14. The van der Waals surface area contributed by atoms with E-state index in [2.05, 4.69) is 0 Å². The maximum Gasteiger partial charge on any atom is 0.258 e. The molecule has 5 nitrogen and oxygen atoms in total. The lowest BCUT2D eigenvalue weighted by Crippen LogP contribution is -2.38. The van der Waals surface area contributed by atoms with Crippen molar-refractivity contribution in [3.05, 3.63) is 59.2 Å². The number of hydrogen-bond donors (Lipinski definition) is 0. The number of fused-ring (bicyclic) bond motifs is 1. The summed E-state index contributed by atoms with van der Waals surface area (Å²) in [4.78, 5) is 14.4. The van der Waals surface area contributed by atoms with Gasteiger partial charge in [0, 0.05) is 37.0 Å². The zero-order chi connectivity index (χ0) is 20.8. The van der Waals surface area contributed by atoms with Gasteiger partial charge in [-0.3, -0.25) is 4.79 Å². The molecule has 0 N–H and O–H groups in total. The Morgan fingerprint density at radius 3 is 2.45 bits per heavy atom. The van der Waals surface area contributed by atoms with E-state index in [-0.39, 0.29) is 22.2 Å². The van der Waals surface area contributed by atoms with E-state index in [1.807, 2.05) is 0 Å². The summed E-state index contributed by atoms with van der Waals surface area (Å²) < 4.78 is 54.4. The zero-order valence-corrected chi connectivity index (χ0v) is 16.9. The van der Waals surface area contributed by atoms with Gasteiger partial charge in [-0.15, -0.1) is 0 Å². The molecule has 4 rings (SSSR count). The van der Waals surface area contributed by atoms with Crippen LogP contribution < -0.4 is 4.90 Å². The van der Waals surface area contributed by atoms with E-state index in [0.29, 0.717) is 13.0 Å². The van der Waals surface area contributed by atoms with Crippen LogP contribution in [0.5, 0.6) is 0 Å². The van der Waals surface area contributed by atoms with Gasteiger partial charge >= 0.3 is 0 Å². The fraction of sp³-hybridized carbons (Fsp3) is 0.381. The molecule has 154 valence electrons. The third-order valence-electron chi connectivity index (χ3n) is 5.89. The first-order valence-electron chi connectivity index (χ1n) is 9.67. The number of nitrogens with zero attached hydrogens (tertiary/aromatic N) is 2. The summed E-state index contributed by atoms with van der Waals surface area (Å²) >= 11 is 0. The molecule has 1 amide bonds. The fourth-order valence-electron chi connectivity index (χ4n) is 4.14. The van der Waals surface area contributed by atoms with Crippen LogP contribution in [0.15, 0.2) is 41.3 Å². The van der Waals surface area contributed by atoms with E-state index in [0.717, 1.165) is 43.4 Å². The van der Waals surface area contributed by atoms with Gasteiger partial charge in [0.25, 0.3) is 5.91 Å². The van der Waals surface area contributed by atoms with Crippen molar-refractivity contribution in [1.82, 2.24) is 4.31 Å². The monoisotopic (exact) mass is 420 g/mol. The molecule has 2 aliphatic rings. The van der Waals surface area contributed by atoms with Gasteiger partial charge in [-0.05, 0) is 49.1 Å². The summed E-state index contributed by atoms with van der Waals surface area (Å²) in [5.41, 5.74) is 1.27. The number of amides is 1. The number of halogens is 2. The summed E-state index contributed by atoms with van der Waals surface area (Å²) in [5.74, 6) is -2.43. The van der Waals surface area contributed by atoms with Crippen LogP contribution in [-0.4, -0.2) is 38.3 Å². The molecule has 0 bridgehead atoms. The van der Waals surface area contributed by atoms with Gasteiger partial charge < -0.3 is 4.90 Å². The Bertz CT molecular complexity index is 1070. The van der Waals surface area contributed by atoms with Crippen molar-refractivity contribution in [1.29, 1.82) is 0 Å². The van der Waals surface area contributed by atoms with Crippen LogP contribution in [0.2, 0.25) is 0 Å². The maximum atomic E-state index is 13.6. The molecular weight excluding hydrogens is 398 g/mol. The number of hydrogen-bond acceptors (Lipinski definition) is 3. The van der Waals surface area contributed by atoms with Gasteiger partial charge in [-0.25, -0.2) is 17.2 Å². The van der Waals surface area contributed by atoms with Gasteiger partial charge in [-0.1, -0.05) is 18.9 Å². The number of carbonyl (C=O) groups excluding carboxylic acids is 1. The molecule has 1 fully saturated rings. The highest BCUT2D eigenvalue weighted by Crippen LogP contribution is 2.31. The second-order valence-corrected chi connectivity index (χ2v) is 9.58. The Morgan fingerprint density at radius 1 is 1.03 bits per heavy atom. The third kappa shape index (κ3) is 3.55. The molecule has 1 aliphatic carbocycles. The standard InChI is InChI=1S/C21H22F2N2O3S/c1-24(15-4-2-3-5-15)29(27,28)17-8-6-14-10-11-25(21(26)18(14)13-17)16-7-9-19(22)20(23)12-16/h6-9,12-13,15H,2-5,10-11H2,1H3. The van der Waals surface area contributed by atoms with Crippen molar-refractivity contribution in [2.75, 3.05) is 18.5 Å². The van der Waals surface area contributed by atoms with Crippen molar-refractivity contribution in [3.8, 4) is 0 Å². The van der Waals surface area contributed by atoms with Crippen LogP contribution >= 0.6 is 0 Å². The van der Waals surface area contributed by atoms with Crippen LogP contribution in [0, 0.1) is 11.6 Å². The fourth-order valence-corrected chi connectivity index (χ4v) is 5.58. The van der Waals surface area contributed by atoms with Gasteiger partial charge in [-0.2, -0.15) is 4.31 Å². The van der Waals surface area contributed by atoms with Crippen LogP contribution in [0.3, 0.4) is 0 Å². The molecule has 0 radical (unpaired) electrons. The predicted molar refractivity (Wildman–Crippen MR) is 105 cm³/mol. The molecule has 0 saturated heterocycles. The van der Waals surface area contributed by atoms with Crippen molar-refractivity contribution in [2.45, 2.75) is 43.0 Å². The molecule has 0 spiro atoms. The van der Waals surface area contributed by atoms with E-state index in [1.165, 1.54) is 21.3 Å². The average molecular weight is 420 g/mol. The number of carbonyl (C=O) groups is 1. The van der Waals surface area contributed by atoms with Crippen LogP contribution in [-0.2, 0) is 16.4 Å². The number of anilines is 1. The molecule has 2 aromatic carbocycles. The number of sulfonamides is 1. The first-order chi connectivity index (χ1) is 13.8. The normalized spacial score (nSPS) is 17.8. The Morgan fingerprint density at radius 2 is 1.76 bits per heavy atom. The molecule has 0 atom stereocenters. The van der Waals surface area contributed by atoms with Crippen molar-refractivity contribution in [2.24, 2.45) is 0 Å². The minimum absolute atomic E-state index is 0.0228. The highest BCUT2D eigenvalue weighted by atomic mass is 32.2. The minimum atomic E-state index is -3.72. The quantitative estimate of drug-likeness (QED) is 0.757. The van der Waals surface area contributed by atoms with E-state index < -0.39 is 27.6 Å². The zero-order valence-electron chi connectivity index (χ0n) is 16.1. The minimum Gasteiger partial charge on any atom is -0.308 e. The molecule has 1 aliphatic heterocycles. The highest BCUT2D eigenvalue weighted by Gasteiger charge is 2.32. The first kappa shape index (κ1) is 20.0. The lowest BCUT2D eigenvalue weighted by molar-refractivity contribution is 0.0980. The molecule has 1 saturated carbocycles.